The van der Waals surface area contributed by atoms with E-state index in [1.807, 2.05) is 0 Å². The van der Waals surface area contributed by atoms with E-state index in [4.69, 9.17) is 4.74 Å². The van der Waals surface area contributed by atoms with Gasteiger partial charge in [0.05, 0.1) is 22.2 Å². The van der Waals surface area contributed by atoms with Crippen molar-refractivity contribution in [1.29, 1.82) is 0 Å². The van der Waals surface area contributed by atoms with Crippen LogP contribution in [0.15, 0.2) is 40.7 Å². The summed E-state index contributed by atoms with van der Waals surface area (Å²) < 4.78 is 31.7. The normalized spacial score (nSPS) is 12.4. The molecule has 0 aliphatic heterocycles. The van der Waals surface area contributed by atoms with Crippen LogP contribution in [0.4, 0.5) is 0 Å². The number of aromatic nitrogens is 4. The highest BCUT2D eigenvalue weighted by molar-refractivity contribution is 7.90. The summed E-state index contributed by atoms with van der Waals surface area (Å²) >= 11 is 1.11. The molecule has 0 radical (unpaired) electrons. The summed E-state index contributed by atoms with van der Waals surface area (Å²) in [5.74, 6) is -1.01. The first kappa shape index (κ1) is 18.9. The SMILES string of the molecule is COC(=O)Cn1c(=NC(=O)Cn2cncn2)sc2cc(S(C)(=O)=O)ccc21. The van der Waals surface area contributed by atoms with E-state index in [1.54, 1.807) is 6.07 Å². The number of methoxy groups -OCH3 is 1. The zero-order chi connectivity index (χ0) is 19.6. The number of carbonyl (C=O) groups is 2. The van der Waals surface area contributed by atoms with Crippen molar-refractivity contribution in [3.8, 4) is 0 Å². The maximum atomic E-state index is 12.2. The summed E-state index contributed by atoms with van der Waals surface area (Å²) in [5, 5.41) is 3.84. The van der Waals surface area contributed by atoms with E-state index in [0.29, 0.717) is 10.2 Å². The van der Waals surface area contributed by atoms with Gasteiger partial charge in [-0.05, 0) is 18.2 Å². The third-order valence-corrected chi connectivity index (χ3v) is 5.73. The second kappa shape index (κ2) is 7.40. The van der Waals surface area contributed by atoms with E-state index in [-0.39, 0.29) is 22.8 Å². The second-order valence-corrected chi connectivity index (χ2v) is 8.57. The highest BCUT2D eigenvalue weighted by Crippen LogP contribution is 2.22. The van der Waals surface area contributed by atoms with Gasteiger partial charge in [-0.1, -0.05) is 11.3 Å². The van der Waals surface area contributed by atoms with E-state index in [1.165, 1.54) is 41.1 Å². The lowest BCUT2D eigenvalue weighted by Crippen LogP contribution is -2.23. The molecule has 12 heteroatoms. The van der Waals surface area contributed by atoms with Crippen molar-refractivity contribution in [1.82, 2.24) is 19.3 Å². The highest BCUT2D eigenvalue weighted by atomic mass is 32.2. The van der Waals surface area contributed by atoms with Gasteiger partial charge in [0.25, 0.3) is 5.91 Å². The molecule has 0 saturated carbocycles. The number of esters is 1. The van der Waals surface area contributed by atoms with Crippen molar-refractivity contribution in [2.75, 3.05) is 13.4 Å². The molecular formula is C15H15N5O5S2. The number of carbonyl (C=O) groups excluding carboxylic acids is 2. The first-order valence-corrected chi connectivity index (χ1v) is 10.3. The first-order chi connectivity index (χ1) is 12.8. The highest BCUT2D eigenvalue weighted by Gasteiger charge is 2.15. The van der Waals surface area contributed by atoms with Gasteiger partial charge in [0, 0.05) is 6.26 Å². The third kappa shape index (κ3) is 4.28. The van der Waals surface area contributed by atoms with Gasteiger partial charge < -0.3 is 9.30 Å². The summed E-state index contributed by atoms with van der Waals surface area (Å²) in [7, 11) is -2.14. The molecule has 0 unspecified atom stereocenters. The molecular weight excluding hydrogens is 394 g/mol. The molecule has 2 aromatic heterocycles. The number of sulfone groups is 1. The van der Waals surface area contributed by atoms with E-state index in [2.05, 4.69) is 15.1 Å². The van der Waals surface area contributed by atoms with Crippen molar-refractivity contribution < 1.29 is 22.7 Å². The van der Waals surface area contributed by atoms with Crippen LogP contribution in [-0.2, 0) is 37.3 Å². The Balaban J connectivity index is 2.11. The molecule has 1 aromatic carbocycles. The zero-order valence-corrected chi connectivity index (χ0v) is 16.0. The molecule has 2 heterocycles. The first-order valence-electron chi connectivity index (χ1n) is 7.58. The molecule has 142 valence electrons. The van der Waals surface area contributed by atoms with Crippen LogP contribution in [0.25, 0.3) is 10.2 Å². The van der Waals surface area contributed by atoms with Gasteiger partial charge in [0.2, 0.25) is 0 Å². The Hall–Kier alpha value is -2.86. The number of nitrogens with zero attached hydrogens (tertiary/aromatic N) is 5. The van der Waals surface area contributed by atoms with Crippen LogP contribution in [0.3, 0.4) is 0 Å². The van der Waals surface area contributed by atoms with Crippen molar-refractivity contribution in [2.45, 2.75) is 18.0 Å². The molecule has 1 amide bonds. The van der Waals surface area contributed by atoms with E-state index in [0.717, 1.165) is 17.6 Å². The molecule has 0 fully saturated rings. The minimum absolute atomic E-state index is 0.110. The van der Waals surface area contributed by atoms with Gasteiger partial charge in [0.15, 0.2) is 14.6 Å². The Kier molecular flexibility index (Phi) is 5.19. The molecule has 0 aliphatic carbocycles. The summed E-state index contributed by atoms with van der Waals surface area (Å²) in [6.07, 6.45) is 3.80. The lowest BCUT2D eigenvalue weighted by Gasteiger charge is -2.04. The summed E-state index contributed by atoms with van der Waals surface area (Å²) in [6.45, 7) is -0.273. The number of ether oxygens (including phenoxy) is 1. The fourth-order valence-corrected chi connectivity index (χ4v) is 4.12. The molecule has 3 aromatic rings. The maximum Gasteiger partial charge on any atom is 0.325 e. The average molecular weight is 409 g/mol. The van der Waals surface area contributed by atoms with Gasteiger partial charge in [-0.15, -0.1) is 0 Å². The van der Waals surface area contributed by atoms with Crippen LogP contribution < -0.4 is 4.80 Å². The number of fused-ring (bicyclic) bond motifs is 1. The van der Waals surface area contributed by atoms with Crippen LogP contribution >= 0.6 is 11.3 Å². The quantitative estimate of drug-likeness (QED) is 0.543. The number of rotatable bonds is 5. The topological polar surface area (TPSA) is 126 Å². The lowest BCUT2D eigenvalue weighted by atomic mass is 10.3. The Morgan fingerprint density at radius 1 is 1.30 bits per heavy atom. The van der Waals surface area contributed by atoms with E-state index < -0.39 is 21.7 Å². The monoisotopic (exact) mass is 409 g/mol. The van der Waals surface area contributed by atoms with Crippen LogP contribution in [-0.4, -0.2) is 53.0 Å². The molecule has 10 nitrogen and oxygen atoms in total. The Morgan fingerprint density at radius 2 is 2.07 bits per heavy atom. The molecule has 0 spiro atoms. The molecule has 0 saturated heterocycles. The molecule has 0 N–H and O–H groups in total. The van der Waals surface area contributed by atoms with E-state index in [9.17, 15) is 18.0 Å². The van der Waals surface area contributed by atoms with Gasteiger partial charge in [-0.3, -0.25) is 9.59 Å². The number of hydrogen-bond donors (Lipinski definition) is 0. The smallest absolute Gasteiger partial charge is 0.325 e. The molecule has 0 aliphatic rings. The predicted octanol–water partition coefficient (Wildman–Crippen LogP) is -0.00170. The van der Waals surface area contributed by atoms with Gasteiger partial charge in [-0.25, -0.2) is 18.1 Å². The molecule has 0 bridgehead atoms. The zero-order valence-electron chi connectivity index (χ0n) is 14.4. The van der Waals surface area contributed by atoms with Gasteiger partial charge >= 0.3 is 5.97 Å². The third-order valence-electron chi connectivity index (χ3n) is 3.58. The van der Waals surface area contributed by atoms with Crippen molar-refractivity contribution in [3.05, 3.63) is 35.7 Å². The van der Waals surface area contributed by atoms with E-state index >= 15 is 0 Å². The largest absolute Gasteiger partial charge is 0.468 e. The number of hydrogen-bond acceptors (Lipinski definition) is 8. The summed E-state index contributed by atoms with van der Waals surface area (Å²) in [5.41, 5.74) is 0.574. The number of thiazole rings is 1. The van der Waals surface area contributed by atoms with Crippen LogP contribution in [0.2, 0.25) is 0 Å². The van der Waals surface area contributed by atoms with Gasteiger partial charge in [-0.2, -0.15) is 10.1 Å². The lowest BCUT2D eigenvalue weighted by molar-refractivity contribution is -0.141. The minimum atomic E-state index is -3.39. The Labute approximate surface area is 157 Å². The van der Waals surface area contributed by atoms with Crippen molar-refractivity contribution >= 4 is 43.3 Å². The second-order valence-electron chi connectivity index (χ2n) is 5.55. The standard InChI is InChI=1S/C15H15N5O5S2/c1-25-14(22)7-20-11-4-3-10(27(2,23)24)5-12(11)26-15(20)18-13(21)6-19-9-16-8-17-19/h3-5,8-9H,6-7H2,1-2H3. The molecule has 3 rings (SSSR count). The summed E-state index contributed by atoms with van der Waals surface area (Å²) in [6, 6.07) is 4.51. The van der Waals surface area contributed by atoms with Gasteiger partial charge in [0.1, 0.15) is 25.7 Å². The number of amides is 1. The van der Waals surface area contributed by atoms with Crippen molar-refractivity contribution in [3.63, 3.8) is 0 Å². The molecule has 0 atom stereocenters. The fourth-order valence-electron chi connectivity index (χ4n) is 2.31. The predicted molar refractivity (Wildman–Crippen MR) is 95.5 cm³/mol. The van der Waals surface area contributed by atoms with Crippen LogP contribution in [0, 0.1) is 0 Å². The fraction of sp³-hybridized carbons (Fsp3) is 0.267. The number of benzene rings is 1. The Morgan fingerprint density at radius 3 is 2.70 bits per heavy atom. The maximum absolute atomic E-state index is 12.2. The van der Waals surface area contributed by atoms with Crippen molar-refractivity contribution in [2.24, 2.45) is 4.99 Å². The van der Waals surface area contributed by atoms with Crippen LogP contribution in [0.5, 0.6) is 0 Å². The summed E-state index contributed by atoms with van der Waals surface area (Å²) in [4.78, 5) is 32.2. The molecule has 27 heavy (non-hydrogen) atoms. The Bertz CT molecular complexity index is 1180. The average Bonchev–Trinajstić information content (AvgIpc) is 3.22. The van der Waals surface area contributed by atoms with Crippen LogP contribution in [0.1, 0.15) is 0 Å². The minimum Gasteiger partial charge on any atom is -0.468 e.